The van der Waals surface area contributed by atoms with Crippen LogP contribution < -0.4 is 9.47 Å². The van der Waals surface area contributed by atoms with Gasteiger partial charge in [0.05, 0.1) is 18.6 Å². The van der Waals surface area contributed by atoms with Crippen molar-refractivity contribution in [2.75, 3.05) is 13.7 Å². The third kappa shape index (κ3) is 3.27. The minimum absolute atomic E-state index is 0.0795. The lowest BCUT2D eigenvalue weighted by molar-refractivity contribution is 0.104. The molecule has 0 aliphatic carbocycles. The molecule has 0 saturated carbocycles. The van der Waals surface area contributed by atoms with E-state index in [0.29, 0.717) is 12.4 Å². The molecule has 0 unspecified atom stereocenters. The van der Waals surface area contributed by atoms with Crippen molar-refractivity contribution in [3.63, 3.8) is 0 Å². The van der Waals surface area contributed by atoms with Gasteiger partial charge in [0.2, 0.25) is 5.78 Å². The molecular weight excluding hydrogens is 308 g/mol. The minimum Gasteiger partial charge on any atom is -0.493 e. The summed E-state index contributed by atoms with van der Waals surface area (Å²) in [6.45, 7) is 2.71. The first kappa shape index (κ1) is 15.7. The Morgan fingerprint density at radius 3 is 2.70 bits per heavy atom. The number of Topliss-reactive ketones (excluding diaryl/α,β-unsaturated/α-hetero) is 1. The predicted octanol–water partition coefficient (Wildman–Crippen LogP) is 4.81. The molecule has 0 bridgehead atoms. The summed E-state index contributed by atoms with van der Waals surface area (Å²) in [6.07, 6.45) is 2.84. The zero-order valence-electron chi connectivity index (χ0n) is 13.2. The van der Waals surface area contributed by atoms with Gasteiger partial charge in [-0.1, -0.05) is 36.9 Å². The summed E-state index contributed by atoms with van der Waals surface area (Å²) < 4.78 is 11.0. The van der Waals surface area contributed by atoms with Crippen molar-refractivity contribution in [2.24, 2.45) is 0 Å². The molecule has 1 aliphatic heterocycles. The Bertz CT molecular complexity index is 765. The lowest BCUT2D eigenvalue weighted by Crippen LogP contribution is -1.98. The van der Waals surface area contributed by atoms with Crippen LogP contribution in [0.3, 0.4) is 0 Å². The number of allylic oxidation sites excluding steroid dienone is 1. The molecule has 4 heteroatoms. The molecule has 0 saturated heterocycles. The first-order valence-corrected chi connectivity index (χ1v) is 8.38. The zero-order chi connectivity index (χ0) is 16.2. The molecule has 0 radical (unpaired) electrons. The first-order chi connectivity index (χ1) is 11.2. The molecule has 0 spiro atoms. The average Bonchev–Trinajstić information content (AvgIpc) is 2.90. The number of methoxy groups -OCH3 is 1. The highest BCUT2D eigenvalue weighted by atomic mass is 32.2. The number of benzene rings is 2. The van der Waals surface area contributed by atoms with Gasteiger partial charge in [0.25, 0.3) is 0 Å². The van der Waals surface area contributed by atoms with Crippen LogP contribution in [0.5, 0.6) is 11.5 Å². The van der Waals surface area contributed by atoms with E-state index in [1.165, 1.54) is 11.8 Å². The Hall–Kier alpha value is -2.20. The summed E-state index contributed by atoms with van der Waals surface area (Å²) in [7, 11) is 1.62. The molecule has 3 nitrogen and oxygen atoms in total. The molecule has 0 fully saturated rings. The maximum absolute atomic E-state index is 12.4. The lowest BCUT2D eigenvalue weighted by Gasteiger charge is -2.10. The van der Waals surface area contributed by atoms with E-state index in [-0.39, 0.29) is 5.78 Å². The summed E-state index contributed by atoms with van der Waals surface area (Å²) >= 11 is 1.51. The van der Waals surface area contributed by atoms with E-state index in [0.717, 1.165) is 33.1 Å². The number of ketones is 1. The second-order valence-electron chi connectivity index (χ2n) is 5.19. The van der Waals surface area contributed by atoms with Crippen LogP contribution in [0.15, 0.2) is 52.3 Å². The van der Waals surface area contributed by atoms with Crippen LogP contribution >= 0.6 is 11.8 Å². The van der Waals surface area contributed by atoms with Crippen molar-refractivity contribution in [1.82, 2.24) is 0 Å². The lowest BCUT2D eigenvalue weighted by atomic mass is 10.1. The van der Waals surface area contributed by atoms with E-state index in [4.69, 9.17) is 9.47 Å². The normalized spacial score (nSPS) is 14.9. The number of rotatable bonds is 5. The number of hydrogen-bond acceptors (Lipinski definition) is 4. The summed E-state index contributed by atoms with van der Waals surface area (Å²) in [5.74, 6) is 1.49. The van der Waals surface area contributed by atoms with Crippen molar-refractivity contribution in [3.8, 4) is 11.5 Å². The van der Waals surface area contributed by atoms with E-state index < -0.39 is 0 Å². The zero-order valence-corrected chi connectivity index (χ0v) is 14.0. The maximum atomic E-state index is 12.4. The van der Waals surface area contributed by atoms with Crippen molar-refractivity contribution in [1.29, 1.82) is 0 Å². The van der Waals surface area contributed by atoms with Crippen LogP contribution in [-0.4, -0.2) is 19.5 Å². The topological polar surface area (TPSA) is 35.5 Å². The number of ether oxygens (including phenoxy) is 2. The minimum atomic E-state index is 0.0795. The van der Waals surface area contributed by atoms with Crippen molar-refractivity contribution in [3.05, 3.63) is 58.5 Å². The molecule has 2 aromatic rings. The van der Waals surface area contributed by atoms with Gasteiger partial charge in [0.1, 0.15) is 0 Å². The third-order valence-electron chi connectivity index (χ3n) is 3.52. The Kier molecular flexibility index (Phi) is 4.72. The van der Waals surface area contributed by atoms with Gasteiger partial charge < -0.3 is 9.47 Å². The van der Waals surface area contributed by atoms with Gasteiger partial charge >= 0.3 is 0 Å². The first-order valence-electron chi connectivity index (χ1n) is 7.57. The Labute approximate surface area is 140 Å². The van der Waals surface area contributed by atoms with Crippen LogP contribution in [0.25, 0.3) is 6.08 Å². The summed E-state index contributed by atoms with van der Waals surface area (Å²) in [5.41, 5.74) is 1.70. The number of thioether (sulfide) groups is 1. The molecule has 1 heterocycles. The maximum Gasteiger partial charge on any atom is 0.200 e. The summed E-state index contributed by atoms with van der Waals surface area (Å²) in [4.78, 5) is 14.2. The number of carbonyl (C=O) groups is 1. The van der Waals surface area contributed by atoms with Gasteiger partial charge in [-0.2, -0.15) is 0 Å². The molecule has 2 aromatic carbocycles. The molecule has 118 valence electrons. The van der Waals surface area contributed by atoms with Crippen LogP contribution in [0.4, 0.5) is 0 Å². The Morgan fingerprint density at radius 2 is 1.96 bits per heavy atom. The molecule has 23 heavy (non-hydrogen) atoms. The molecule has 1 aliphatic rings. The standard InChI is InChI=1S/C19H18O3S/c1-3-10-22-15-9-8-13(11-16(15)21-2)12-18-19(20)14-6-4-5-7-17(14)23-18/h4-9,11-12H,3,10H2,1-2H3. The third-order valence-corrected chi connectivity index (χ3v) is 4.62. The number of hydrogen-bond donors (Lipinski definition) is 0. The van der Waals surface area contributed by atoms with Crippen LogP contribution in [0, 0.1) is 0 Å². The molecule has 0 atom stereocenters. The van der Waals surface area contributed by atoms with E-state index in [9.17, 15) is 4.79 Å². The predicted molar refractivity (Wildman–Crippen MR) is 93.4 cm³/mol. The van der Waals surface area contributed by atoms with Crippen LogP contribution in [-0.2, 0) is 0 Å². The fourth-order valence-electron chi connectivity index (χ4n) is 2.39. The van der Waals surface area contributed by atoms with Gasteiger partial charge in [0.15, 0.2) is 11.5 Å². The highest BCUT2D eigenvalue weighted by molar-refractivity contribution is 8.04. The van der Waals surface area contributed by atoms with Crippen molar-refractivity contribution < 1.29 is 14.3 Å². The highest BCUT2D eigenvalue weighted by Gasteiger charge is 2.25. The Morgan fingerprint density at radius 1 is 1.13 bits per heavy atom. The molecular formula is C19H18O3S. The smallest absolute Gasteiger partial charge is 0.200 e. The van der Waals surface area contributed by atoms with Gasteiger partial charge in [-0.15, -0.1) is 0 Å². The fraction of sp³-hybridized carbons (Fsp3) is 0.211. The Balaban J connectivity index is 1.87. The largest absolute Gasteiger partial charge is 0.493 e. The summed E-state index contributed by atoms with van der Waals surface area (Å²) in [5, 5.41) is 0. The van der Waals surface area contributed by atoms with Crippen molar-refractivity contribution >= 4 is 23.6 Å². The van der Waals surface area contributed by atoms with Crippen molar-refractivity contribution in [2.45, 2.75) is 18.2 Å². The quantitative estimate of drug-likeness (QED) is 0.738. The van der Waals surface area contributed by atoms with Gasteiger partial charge in [-0.3, -0.25) is 4.79 Å². The second kappa shape index (κ2) is 6.92. The molecule has 0 aromatic heterocycles. The fourth-order valence-corrected chi connectivity index (χ4v) is 3.44. The molecule has 0 N–H and O–H groups in total. The molecule has 0 amide bonds. The molecule has 3 rings (SSSR count). The second-order valence-corrected chi connectivity index (χ2v) is 6.28. The van der Waals surface area contributed by atoms with E-state index in [1.54, 1.807) is 7.11 Å². The monoisotopic (exact) mass is 326 g/mol. The SMILES string of the molecule is CCCOc1ccc(C=C2Sc3ccccc3C2=O)cc1OC. The summed E-state index contributed by atoms with van der Waals surface area (Å²) in [6, 6.07) is 13.4. The number of fused-ring (bicyclic) bond motifs is 1. The van der Waals surface area contributed by atoms with Crippen LogP contribution in [0.1, 0.15) is 29.3 Å². The van der Waals surface area contributed by atoms with E-state index >= 15 is 0 Å². The van der Waals surface area contributed by atoms with Gasteiger partial charge in [-0.05, 0) is 42.3 Å². The van der Waals surface area contributed by atoms with Gasteiger partial charge in [0, 0.05) is 10.5 Å². The van der Waals surface area contributed by atoms with E-state index in [1.807, 2.05) is 48.5 Å². The number of carbonyl (C=O) groups excluding carboxylic acids is 1. The van der Waals surface area contributed by atoms with E-state index in [2.05, 4.69) is 6.92 Å². The highest BCUT2D eigenvalue weighted by Crippen LogP contribution is 2.41. The average molecular weight is 326 g/mol. The van der Waals surface area contributed by atoms with Gasteiger partial charge in [-0.25, -0.2) is 0 Å². The van der Waals surface area contributed by atoms with Crippen LogP contribution in [0.2, 0.25) is 0 Å².